The fourth-order valence-electron chi connectivity index (χ4n) is 1.97. The Labute approximate surface area is 109 Å². The van der Waals surface area contributed by atoms with Gasteiger partial charge >= 0.3 is 5.97 Å². The van der Waals surface area contributed by atoms with E-state index in [0.717, 1.165) is 6.42 Å². The molecule has 0 saturated carbocycles. The van der Waals surface area contributed by atoms with Crippen LogP contribution in [0.2, 0.25) is 0 Å². The summed E-state index contributed by atoms with van der Waals surface area (Å²) in [6, 6.07) is 0. The third-order valence-corrected chi connectivity index (χ3v) is 2.98. The quantitative estimate of drug-likeness (QED) is 0.742. The molecule has 1 aliphatic heterocycles. The van der Waals surface area contributed by atoms with Gasteiger partial charge in [-0.25, -0.2) is 9.78 Å². The Hall–Kier alpha value is -1.73. The molecule has 104 valence electrons. The fourth-order valence-corrected chi connectivity index (χ4v) is 1.97. The number of carbonyl (C=O) groups excluding carboxylic acids is 1. The molecule has 0 aromatic carbocycles. The summed E-state index contributed by atoms with van der Waals surface area (Å²) in [5.74, 6) is -0.325. The van der Waals surface area contributed by atoms with Crippen LogP contribution in [0.3, 0.4) is 0 Å². The summed E-state index contributed by atoms with van der Waals surface area (Å²) in [7, 11) is 0. The number of nitrogens with one attached hydrogen (secondary N) is 1. The first kappa shape index (κ1) is 13.7. The van der Waals surface area contributed by atoms with E-state index in [1.807, 2.05) is 0 Å². The smallest absolute Gasteiger partial charge is 0.357 e. The highest BCUT2D eigenvalue weighted by molar-refractivity contribution is 5.88. The molecule has 1 fully saturated rings. The maximum Gasteiger partial charge on any atom is 0.357 e. The molecule has 0 spiro atoms. The van der Waals surface area contributed by atoms with Crippen molar-refractivity contribution >= 4 is 5.97 Å². The molecule has 1 aliphatic rings. The number of aliphatic hydroxyl groups is 1. The summed E-state index contributed by atoms with van der Waals surface area (Å²) in [6.45, 7) is 2.35. The Kier molecular flexibility index (Phi) is 4.28. The van der Waals surface area contributed by atoms with E-state index >= 15 is 0 Å². The van der Waals surface area contributed by atoms with E-state index in [9.17, 15) is 14.7 Å². The minimum Gasteiger partial charge on any atom is -0.461 e. The van der Waals surface area contributed by atoms with Crippen molar-refractivity contribution < 1.29 is 19.4 Å². The average molecular weight is 268 g/mol. The Bertz CT molecular complexity index is 519. The molecule has 19 heavy (non-hydrogen) atoms. The summed E-state index contributed by atoms with van der Waals surface area (Å²) in [6.07, 6.45) is 0.740. The van der Waals surface area contributed by atoms with Crippen LogP contribution < -0.4 is 5.56 Å². The van der Waals surface area contributed by atoms with Gasteiger partial charge in [-0.3, -0.25) is 4.79 Å². The third-order valence-electron chi connectivity index (χ3n) is 2.98. The number of aliphatic hydroxyl groups excluding tert-OH is 1. The van der Waals surface area contributed by atoms with E-state index in [1.54, 1.807) is 6.92 Å². The molecule has 1 saturated heterocycles. The number of nitrogens with zero attached hydrogens (tertiary/aromatic N) is 1. The maximum absolute atomic E-state index is 11.9. The minimum atomic E-state index is -0.696. The van der Waals surface area contributed by atoms with Gasteiger partial charge in [0.25, 0.3) is 5.56 Å². The molecule has 0 amide bonds. The second-order valence-corrected chi connectivity index (χ2v) is 4.22. The molecule has 1 atom stereocenters. The molecule has 0 bridgehead atoms. The van der Waals surface area contributed by atoms with Gasteiger partial charge in [-0.15, -0.1) is 0 Å². The molecule has 7 heteroatoms. The maximum atomic E-state index is 11.9. The van der Waals surface area contributed by atoms with Crippen LogP contribution in [-0.4, -0.2) is 40.9 Å². The van der Waals surface area contributed by atoms with Gasteiger partial charge in [0.15, 0.2) is 5.69 Å². The molecule has 1 unspecified atom stereocenters. The zero-order valence-electron chi connectivity index (χ0n) is 10.6. The predicted molar refractivity (Wildman–Crippen MR) is 64.9 cm³/mol. The first-order valence-electron chi connectivity index (χ1n) is 6.16. The summed E-state index contributed by atoms with van der Waals surface area (Å²) in [4.78, 5) is 30.3. The molecular formula is C12H16N2O5. The molecule has 0 aliphatic carbocycles. The van der Waals surface area contributed by atoms with Crippen molar-refractivity contribution in [2.45, 2.75) is 25.9 Å². The van der Waals surface area contributed by atoms with Crippen LogP contribution in [0.5, 0.6) is 0 Å². The lowest BCUT2D eigenvalue weighted by Crippen LogP contribution is -2.25. The first-order chi connectivity index (χ1) is 9.17. The number of hydrogen-bond acceptors (Lipinski definition) is 6. The lowest BCUT2D eigenvalue weighted by molar-refractivity contribution is 0.0514. The standard InChI is InChI=1S/C12H16N2O5/c1-2-19-12(17)9-8(5-15)11(16)14-10(13-9)7-3-4-18-6-7/h7,15H,2-6H2,1H3,(H,13,14,16). The van der Waals surface area contributed by atoms with E-state index in [-0.39, 0.29) is 23.8 Å². The highest BCUT2D eigenvalue weighted by atomic mass is 16.5. The van der Waals surface area contributed by atoms with E-state index in [4.69, 9.17) is 9.47 Å². The molecule has 7 nitrogen and oxygen atoms in total. The van der Waals surface area contributed by atoms with Gasteiger partial charge in [-0.05, 0) is 13.3 Å². The summed E-state index contributed by atoms with van der Waals surface area (Å²) in [5.41, 5.74) is -0.696. The molecule has 2 N–H and O–H groups in total. The lowest BCUT2D eigenvalue weighted by atomic mass is 10.1. The third kappa shape index (κ3) is 2.82. The normalized spacial score (nSPS) is 18.5. The molecule has 0 radical (unpaired) electrons. The van der Waals surface area contributed by atoms with Crippen molar-refractivity contribution in [1.82, 2.24) is 9.97 Å². The number of ether oxygens (including phenoxy) is 2. The van der Waals surface area contributed by atoms with Gasteiger partial charge in [0.05, 0.1) is 25.4 Å². The van der Waals surface area contributed by atoms with Gasteiger partial charge in [0.2, 0.25) is 0 Å². The molecule has 2 rings (SSSR count). The number of aromatic amines is 1. The van der Waals surface area contributed by atoms with Gasteiger partial charge in [-0.1, -0.05) is 0 Å². The molecular weight excluding hydrogens is 252 g/mol. The Morgan fingerprint density at radius 1 is 1.63 bits per heavy atom. The van der Waals surface area contributed by atoms with Crippen LogP contribution in [0.1, 0.15) is 41.1 Å². The molecule has 1 aromatic rings. The van der Waals surface area contributed by atoms with Gasteiger partial charge in [-0.2, -0.15) is 0 Å². The zero-order chi connectivity index (χ0) is 13.8. The van der Waals surface area contributed by atoms with E-state index in [2.05, 4.69) is 9.97 Å². The Morgan fingerprint density at radius 2 is 2.42 bits per heavy atom. The highest BCUT2D eigenvalue weighted by Crippen LogP contribution is 2.21. The number of aromatic nitrogens is 2. The number of carbonyl (C=O) groups is 1. The van der Waals surface area contributed by atoms with E-state index in [0.29, 0.717) is 19.0 Å². The van der Waals surface area contributed by atoms with Crippen molar-refractivity contribution in [2.75, 3.05) is 19.8 Å². The van der Waals surface area contributed by atoms with Gasteiger partial charge in [0, 0.05) is 12.5 Å². The predicted octanol–water partition coefficient (Wildman–Crippen LogP) is -0.0572. The SMILES string of the molecule is CCOC(=O)c1nc(C2CCOC2)[nH]c(=O)c1CO. The number of esters is 1. The number of H-pyrrole nitrogens is 1. The van der Waals surface area contributed by atoms with Crippen molar-refractivity contribution in [3.8, 4) is 0 Å². The van der Waals surface area contributed by atoms with Crippen LogP contribution in [-0.2, 0) is 16.1 Å². The zero-order valence-corrected chi connectivity index (χ0v) is 10.6. The second-order valence-electron chi connectivity index (χ2n) is 4.22. The monoisotopic (exact) mass is 268 g/mol. The highest BCUT2D eigenvalue weighted by Gasteiger charge is 2.25. The Morgan fingerprint density at radius 3 is 3.00 bits per heavy atom. The van der Waals surface area contributed by atoms with Crippen molar-refractivity contribution in [1.29, 1.82) is 0 Å². The van der Waals surface area contributed by atoms with E-state index < -0.39 is 18.1 Å². The van der Waals surface area contributed by atoms with Crippen LogP contribution in [0.4, 0.5) is 0 Å². The molecule has 1 aromatic heterocycles. The van der Waals surface area contributed by atoms with Crippen LogP contribution in [0.25, 0.3) is 0 Å². The fraction of sp³-hybridized carbons (Fsp3) is 0.583. The molecule has 2 heterocycles. The number of hydrogen-bond donors (Lipinski definition) is 2. The first-order valence-corrected chi connectivity index (χ1v) is 6.16. The van der Waals surface area contributed by atoms with Crippen LogP contribution >= 0.6 is 0 Å². The largest absolute Gasteiger partial charge is 0.461 e. The summed E-state index contributed by atoms with van der Waals surface area (Å²) >= 11 is 0. The van der Waals surface area contributed by atoms with Crippen LogP contribution in [0, 0.1) is 0 Å². The second kappa shape index (κ2) is 5.94. The topological polar surface area (TPSA) is 102 Å². The average Bonchev–Trinajstić information content (AvgIpc) is 2.92. The number of rotatable bonds is 4. The van der Waals surface area contributed by atoms with Gasteiger partial charge in [0.1, 0.15) is 5.82 Å². The summed E-state index contributed by atoms with van der Waals surface area (Å²) < 4.78 is 10.1. The minimum absolute atomic E-state index is 0.0337. The van der Waals surface area contributed by atoms with Crippen molar-refractivity contribution in [2.24, 2.45) is 0 Å². The lowest BCUT2D eigenvalue weighted by Gasteiger charge is -2.11. The van der Waals surface area contributed by atoms with Crippen molar-refractivity contribution in [3.05, 3.63) is 27.4 Å². The van der Waals surface area contributed by atoms with Gasteiger partial charge < -0.3 is 19.6 Å². The van der Waals surface area contributed by atoms with E-state index in [1.165, 1.54) is 0 Å². The van der Waals surface area contributed by atoms with Crippen molar-refractivity contribution in [3.63, 3.8) is 0 Å². The summed E-state index contributed by atoms with van der Waals surface area (Å²) in [5, 5.41) is 9.18. The van der Waals surface area contributed by atoms with Crippen LogP contribution in [0.15, 0.2) is 4.79 Å². The Balaban J connectivity index is 2.43.